The van der Waals surface area contributed by atoms with E-state index in [4.69, 9.17) is 13.8 Å². The Bertz CT molecular complexity index is 307. The molecule has 8 heteroatoms. The van der Waals surface area contributed by atoms with Gasteiger partial charge in [0.25, 0.3) is 0 Å². The van der Waals surface area contributed by atoms with E-state index in [1.807, 2.05) is 0 Å². The van der Waals surface area contributed by atoms with Crippen molar-refractivity contribution in [3.8, 4) is 5.75 Å². The van der Waals surface area contributed by atoms with Gasteiger partial charge in [-0.15, -0.1) is 0 Å². The highest BCUT2D eigenvalue weighted by Crippen LogP contribution is 2.16. The Hall–Kier alpha value is -0.975. The molecule has 0 bridgehead atoms. The fourth-order valence-electron chi connectivity index (χ4n) is 0.909. The average Bonchev–Trinajstić information content (AvgIpc) is 2.23. The van der Waals surface area contributed by atoms with Crippen molar-refractivity contribution < 1.29 is 22.8 Å². The maximum Gasteiger partial charge on any atom is 0.684 e. The lowest BCUT2D eigenvalue weighted by Gasteiger charge is -2.18. The highest BCUT2D eigenvalue weighted by molar-refractivity contribution is 6.57. The van der Waals surface area contributed by atoms with E-state index in [1.54, 1.807) is 12.1 Å². The lowest BCUT2D eigenvalue weighted by atomic mass is 10.1. The second kappa shape index (κ2) is 4.50. The van der Waals surface area contributed by atoms with Crippen LogP contribution in [0.1, 0.15) is 0 Å². The molecule has 0 aliphatic carbocycles. The lowest BCUT2D eigenvalue weighted by molar-refractivity contribution is 0.246. The number of benzene rings is 1. The van der Waals surface area contributed by atoms with Gasteiger partial charge in [0.15, 0.2) is 5.82 Å². The van der Waals surface area contributed by atoms with E-state index in [0.717, 1.165) is 15.4 Å². The van der Waals surface area contributed by atoms with Gasteiger partial charge in [-0.2, -0.15) is 0 Å². The van der Waals surface area contributed by atoms with Gasteiger partial charge in [-0.3, -0.25) is 0 Å². The van der Waals surface area contributed by atoms with Crippen molar-refractivity contribution in [3.63, 3.8) is 0 Å². The molecule has 14 heavy (non-hydrogen) atoms. The summed E-state index contributed by atoms with van der Waals surface area (Å²) < 4.78 is 32.1. The van der Waals surface area contributed by atoms with Gasteiger partial charge >= 0.3 is 22.7 Å². The Kier molecular flexibility index (Phi) is 3.08. The first-order chi connectivity index (χ1) is 6.86. The summed E-state index contributed by atoms with van der Waals surface area (Å²) >= 11 is 0. The van der Waals surface area contributed by atoms with Crippen molar-refractivity contribution in [2.75, 3.05) is 0 Å². The van der Waals surface area contributed by atoms with Gasteiger partial charge in [0.2, 0.25) is 0 Å². The molecular weight excluding hydrogens is 187 g/mol. The first kappa shape index (κ1) is 9.57. The van der Waals surface area contributed by atoms with E-state index in [1.165, 1.54) is 12.1 Å². The highest BCUT2D eigenvalue weighted by atomic mass is 19.1. The summed E-state index contributed by atoms with van der Waals surface area (Å²) in [5.41, 5.74) is 0. The average molecular weight is 192 g/mol. The predicted octanol–water partition coefficient (Wildman–Crippen LogP) is 0.321. The third kappa shape index (κ3) is 2.28. The molecule has 0 amide bonds. The summed E-state index contributed by atoms with van der Waals surface area (Å²) in [6, 6.07) is 5.96. The SMILES string of the molecule is Fc1ccccc1OB1O[B]O[B]O1. The van der Waals surface area contributed by atoms with Gasteiger partial charge in [0.05, 0.1) is 0 Å². The molecule has 2 rings (SSSR count). The smallest absolute Gasteiger partial charge is 0.511 e. The third-order valence-electron chi connectivity index (χ3n) is 1.50. The van der Waals surface area contributed by atoms with Crippen molar-refractivity contribution in [2.45, 2.75) is 0 Å². The molecule has 0 aromatic heterocycles. The Labute approximate surface area is 82.1 Å². The molecule has 1 aliphatic heterocycles. The van der Waals surface area contributed by atoms with Crippen LogP contribution in [0.3, 0.4) is 0 Å². The van der Waals surface area contributed by atoms with Gasteiger partial charge in [-0.05, 0) is 12.1 Å². The van der Waals surface area contributed by atoms with Crippen molar-refractivity contribution in [3.05, 3.63) is 30.1 Å². The first-order valence-electron chi connectivity index (χ1n) is 3.87. The zero-order valence-corrected chi connectivity index (χ0v) is 7.05. The van der Waals surface area contributed by atoms with Crippen LogP contribution in [0, 0.1) is 5.82 Å². The van der Waals surface area contributed by atoms with E-state index in [2.05, 4.69) is 4.57 Å². The van der Waals surface area contributed by atoms with E-state index < -0.39 is 13.1 Å². The third-order valence-corrected chi connectivity index (χ3v) is 1.50. The van der Waals surface area contributed by atoms with Crippen LogP contribution in [0.15, 0.2) is 24.3 Å². The highest BCUT2D eigenvalue weighted by Gasteiger charge is 2.29. The van der Waals surface area contributed by atoms with E-state index in [9.17, 15) is 4.39 Å². The fourth-order valence-corrected chi connectivity index (χ4v) is 0.909. The van der Waals surface area contributed by atoms with Gasteiger partial charge in [-0.25, -0.2) is 4.39 Å². The topological polar surface area (TPSA) is 36.9 Å². The molecule has 0 N–H and O–H groups in total. The van der Waals surface area contributed by atoms with Gasteiger partial charge in [0, 0.05) is 0 Å². The normalized spacial score (nSPS) is 15.6. The van der Waals surface area contributed by atoms with Crippen LogP contribution in [0.4, 0.5) is 4.39 Å². The zero-order chi connectivity index (χ0) is 9.80. The van der Waals surface area contributed by atoms with Crippen LogP contribution in [0.25, 0.3) is 0 Å². The Morgan fingerprint density at radius 1 is 1.21 bits per heavy atom. The molecule has 1 fully saturated rings. The molecule has 1 heterocycles. The summed E-state index contributed by atoms with van der Waals surface area (Å²) in [4.78, 5) is 0. The van der Waals surface area contributed by atoms with Crippen LogP contribution in [0.5, 0.6) is 5.75 Å². The van der Waals surface area contributed by atoms with Crippen LogP contribution in [0.2, 0.25) is 0 Å². The molecular formula is C6H4B3FO4. The van der Waals surface area contributed by atoms with E-state index in [0.29, 0.717) is 0 Å². The monoisotopic (exact) mass is 192 g/mol. The predicted molar refractivity (Wildman–Crippen MR) is 47.5 cm³/mol. The first-order valence-corrected chi connectivity index (χ1v) is 3.87. The minimum Gasteiger partial charge on any atom is -0.511 e. The van der Waals surface area contributed by atoms with Gasteiger partial charge < -0.3 is 18.4 Å². The van der Waals surface area contributed by atoms with Crippen LogP contribution in [-0.4, -0.2) is 22.7 Å². The lowest BCUT2D eigenvalue weighted by Crippen LogP contribution is -2.40. The Balaban J connectivity index is 1.99. The summed E-state index contributed by atoms with van der Waals surface area (Å²) in [5.74, 6) is -0.424. The number of rotatable bonds is 2. The largest absolute Gasteiger partial charge is 0.684 e. The molecule has 0 saturated carbocycles. The second-order valence-electron chi connectivity index (χ2n) is 2.44. The zero-order valence-electron chi connectivity index (χ0n) is 7.05. The van der Waals surface area contributed by atoms with E-state index >= 15 is 0 Å². The molecule has 4 nitrogen and oxygen atoms in total. The molecule has 0 unspecified atom stereocenters. The number of halogens is 1. The Morgan fingerprint density at radius 2 is 1.93 bits per heavy atom. The maximum atomic E-state index is 13.1. The van der Waals surface area contributed by atoms with Gasteiger partial charge in [0.1, 0.15) is 5.75 Å². The maximum absolute atomic E-state index is 13.1. The van der Waals surface area contributed by atoms with Gasteiger partial charge in [-0.1, -0.05) is 12.1 Å². The molecule has 68 valence electrons. The minimum absolute atomic E-state index is 0.0567. The molecule has 1 saturated heterocycles. The quantitative estimate of drug-likeness (QED) is 0.631. The summed E-state index contributed by atoms with van der Waals surface area (Å²) in [6.07, 6.45) is 0. The number of hydrogen-bond acceptors (Lipinski definition) is 4. The standard InChI is InChI=1S/C6H4B3FO4/c10-5-3-1-2-4-6(5)11-9-13-7-12-8-14-9/h1-4H. The van der Waals surface area contributed by atoms with Crippen molar-refractivity contribution in [1.29, 1.82) is 0 Å². The number of hydrogen-bond donors (Lipinski definition) is 0. The van der Waals surface area contributed by atoms with Crippen LogP contribution >= 0.6 is 0 Å². The molecule has 1 aromatic rings. The van der Waals surface area contributed by atoms with E-state index in [-0.39, 0.29) is 5.75 Å². The van der Waals surface area contributed by atoms with Crippen molar-refractivity contribution in [2.24, 2.45) is 0 Å². The minimum atomic E-state index is -1.01. The molecule has 2 radical (unpaired) electrons. The number of para-hydroxylation sites is 1. The summed E-state index contributed by atoms with van der Waals surface area (Å²) in [7, 11) is 1.06. The second-order valence-corrected chi connectivity index (χ2v) is 2.44. The van der Waals surface area contributed by atoms with Crippen LogP contribution < -0.4 is 4.65 Å². The Morgan fingerprint density at radius 3 is 2.64 bits per heavy atom. The molecule has 1 aromatic carbocycles. The van der Waals surface area contributed by atoms with Crippen LogP contribution in [-0.2, 0) is 13.7 Å². The van der Waals surface area contributed by atoms with Crippen molar-refractivity contribution in [1.82, 2.24) is 0 Å². The molecule has 1 aliphatic rings. The summed E-state index contributed by atoms with van der Waals surface area (Å²) in [6.45, 7) is 0. The fraction of sp³-hybridized carbons (Fsp3) is 0. The summed E-state index contributed by atoms with van der Waals surface area (Å²) in [5, 5.41) is 0. The molecule has 0 spiro atoms. The molecule has 0 atom stereocenters. The van der Waals surface area contributed by atoms with Crippen molar-refractivity contribution >= 4 is 22.7 Å².